The van der Waals surface area contributed by atoms with E-state index in [0.717, 1.165) is 36.9 Å². The van der Waals surface area contributed by atoms with Gasteiger partial charge < -0.3 is 38.8 Å². The summed E-state index contributed by atoms with van der Waals surface area (Å²) in [6.45, 7) is 4.51. The molecule has 0 atom stereocenters. The van der Waals surface area contributed by atoms with E-state index in [-0.39, 0.29) is 22.4 Å². The maximum atomic E-state index is 14.2. The fourth-order valence-electron chi connectivity index (χ4n) is 6.21. The van der Waals surface area contributed by atoms with E-state index >= 15 is 0 Å². The van der Waals surface area contributed by atoms with Crippen LogP contribution in [0.15, 0.2) is 90.1 Å². The summed E-state index contributed by atoms with van der Waals surface area (Å²) >= 11 is 0. The van der Waals surface area contributed by atoms with Crippen molar-refractivity contribution in [1.82, 2.24) is 24.3 Å². The number of methoxy groups -OCH3 is 2. The van der Waals surface area contributed by atoms with Crippen LogP contribution in [0.2, 0.25) is 0 Å². The number of sulfone groups is 1. The van der Waals surface area contributed by atoms with E-state index in [0.29, 0.717) is 86.9 Å². The smallest absolute Gasteiger partial charge is 0.300 e. The molecule has 17 heteroatoms. The number of aliphatic carboxylic acids is 2. The molecule has 0 unspecified atom stereocenters. The van der Waals surface area contributed by atoms with Gasteiger partial charge in [-0.3, -0.25) is 19.2 Å². The quantitative estimate of drug-likeness (QED) is 0.223. The second-order valence-corrected chi connectivity index (χ2v) is 15.4. The van der Waals surface area contributed by atoms with E-state index in [9.17, 15) is 18.0 Å². The van der Waals surface area contributed by atoms with E-state index in [1.54, 1.807) is 48.4 Å². The number of carbonyl (C=O) groups excluding carboxylic acids is 2. The van der Waals surface area contributed by atoms with Crippen molar-refractivity contribution in [1.29, 1.82) is 0 Å². The molecule has 3 heterocycles. The molecule has 314 valence electrons. The first-order valence-corrected chi connectivity index (χ1v) is 20.6. The Kier molecular flexibility index (Phi) is 16.3. The van der Waals surface area contributed by atoms with Crippen molar-refractivity contribution in [3.8, 4) is 28.6 Å². The monoisotopic (exact) mass is 831 g/mol. The summed E-state index contributed by atoms with van der Waals surface area (Å²) in [5, 5.41) is 15.7. The molecule has 1 aliphatic rings. The summed E-state index contributed by atoms with van der Waals surface area (Å²) in [7, 11) is -0.346. The van der Waals surface area contributed by atoms with Gasteiger partial charge in [-0.25, -0.2) is 18.4 Å². The van der Waals surface area contributed by atoms with Crippen LogP contribution in [0.25, 0.3) is 22.3 Å². The molecular weight excluding hydrogens is 783 g/mol. The number of rotatable bonds is 5. The van der Waals surface area contributed by atoms with Gasteiger partial charge >= 0.3 is 0 Å². The molecule has 2 N–H and O–H groups in total. The normalized spacial score (nSPS) is 13.5. The largest absolute Gasteiger partial charge is 0.496 e. The highest BCUT2D eigenvalue weighted by atomic mass is 32.2. The lowest BCUT2D eigenvalue weighted by Crippen LogP contribution is -2.37. The second-order valence-electron chi connectivity index (χ2n) is 13.4. The van der Waals surface area contributed by atoms with Crippen molar-refractivity contribution in [2.45, 2.75) is 44.6 Å². The minimum Gasteiger partial charge on any atom is -0.496 e. The summed E-state index contributed by atoms with van der Waals surface area (Å²) in [5.74, 6) is 0.222. The molecule has 3 aromatic carbocycles. The van der Waals surface area contributed by atoms with E-state index in [2.05, 4.69) is 4.98 Å². The van der Waals surface area contributed by atoms with Crippen LogP contribution in [-0.2, 0) is 26.0 Å². The van der Waals surface area contributed by atoms with Gasteiger partial charge in [-0.2, -0.15) is 0 Å². The van der Waals surface area contributed by atoms with Crippen molar-refractivity contribution in [3.05, 3.63) is 96.4 Å². The number of ether oxygens (including phenoxy) is 3. The number of hydrogen-bond acceptors (Lipinski definition) is 11. The zero-order chi connectivity index (χ0) is 43.1. The lowest BCUT2D eigenvalue weighted by atomic mass is 10.1. The number of amides is 2. The standard InChI is InChI=1S/C38H41N5O7S.2C2H4O2/c1-48-33-15-14-27-25-35(33)50-23-9-19-42(37(44)28-10-8-11-29(24-28)51(3,46)47)17-6-7-18-43(22-21-41-20-16-39-36(27)41)38(45)32-26-34(49-2)30-12-4-5-13-31(30)40-32;2*1-2(3)4/h4-5,8,10-16,20,24-26H,6-7,9,17-19,21-23H2,1-3H3;2*1H3,(H,3,4). The van der Waals surface area contributed by atoms with Gasteiger partial charge in [0.15, 0.2) is 21.3 Å². The highest BCUT2D eigenvalue weighted by Crippen LogP contribution is 2.32. The Balaban J connectivity index is 0.000000882. The topological polar surface area (TPSA) is 208 Å². The van der Waals surface area contributed by atoms with Crippen LogP contribution in [-0.4, -0.2) is 120 Å². The summed E-state index contributed by atoms with van der Waals surface area (Å²) in [6, 6.07) is 20.9. The zero-order valence-corrected chi connectivity index (χ0v) is 34.5. The van der Waals surface area contributed by atoms with Gasteiger partial charge in [-0.1, -0.05) is 18.2 Å². The number of hydrogen-bond donors (Lipinski definition) is 2. The van der Waals surface area contributed by atoms with E-state index in [1.807, 2.05) is 53.2 Å². The maximum Gasteiger partial charge on any atom is 0.300 e. The molecule has 0 fully saturated rings. The number of carbonyl (C=O) groups is 4. The van der Waals surface area contributed by atoms with Crippen LogP contribution in [0.4, 0.5) is 0 Å². The van der Waals surface area contributed by atoms with Crippen molar-refractivity contribution in [2.75, 3.05) is 53.3 Å². The van der Waals surface area contributed by atoms with E-state index in [1.165, 1.54) is 12.1 Å². The third kappa shape index (κ3) is 13.0. The molecule has 0 saturated carbocycles. The SMILES string of the molecule is CC(=O)O.CC(=O)O.COc1ccc2cc1OCCCN(C(=O)c1cccc(S(C)(=O)=O)c1)CCCCN(C(=O)c1cc(OC)c3ccccc3n1)CCn1ccnc1-2. The van der Waals surface area contributed by atoms with Crippen LogP contribution in [0.5, 0.6) is 17.2 Å². The van der Waals surface area contributed by atoms with Crippen LogP contribution in [0, 0.1) is 0 Å². The van der Waals surface area contributed by atoms with Crippen molar-refractivity contribution < 1.29 is 52.0 Å². The predicted octanol–water partition coefficient (Wildman–Crippen LogP) is 5.55. The molecule has 59 heavy (non-hydrogen) atoms. The Labute approximate surface area is 342 Å². The average Bonchev–Trinajstić information content (AvgIpc) is 3.68. The lowest BCUT2D eigenvalue weighted by molar-refractivity contribution is -0.135. The third-order valence-corrected chi connectivity index (χ3v) is 10.00. The molecule has 0 saturated heterocycles. The summed E-state index contributed by atoms with van der Waals surface area (Å²) in [5.41, 5.74) is 2.05. The van der Waals surface area contributed by atoms with Gasteiger partial charge in [-0.15, -0.1) is 0 Å². The van der Waals surface area contributed by atoms with Crippen LogP contribution < -0.4 is 14.2 Å². The van der Waals surface area contributed by atoms with Gasteiger partial charge in [0.1, 0.15) is 17.3 Å². The van der Waals surface area contributed by atoms with Gasteiger partial charge in [0, 0.05) is 87.8 Å². The Morgan fingerprint density at radius 2 is 1.39 bits per heavy atom. The average molecular weight is 832 g/mol. The molecule has 2 aromatic heterocycles. The number of imidazole rings is 1. The molecule has 0 spiro atoms. The molecule has 2 bridgehead atoms. The Morgan fingerprint density at radius 3 is 2.05 bits per heavy atom. The first-order valence-electron chi connectivity index (χ1n) is 18.7. The number of fused-ring (bicyclic) bond motifs is 5. The van der Waals surface area contributed by atoms with Crippen LogP contribution in [0.1, 0.15) is 54.0 Å². The fourth-order valence-corrected chi connectivity index (χ4v) is 6.87. The molecular formula is C42H49N5O11S. The molecule has 5 aromatic rings. The molecule has 16 nitrogen and oxygen atoms in total. The minimum atomic E-state index is -3.50. The molecule has 0 radical (unpaired) electrons. The first-order chi connectivity index (χ1) is 28.1. The van der Waals surface area contributed by atoms with Crippen molar-refractivity contribution in [2.24, 2.45) is 0 Å². The molecule has 2 amide bonds. The number of aromatic nitrogens is 3. The molecule has 6 rings (SSSR count). The minimum absolute atomic E-state index is 0.0853. The van der Waals surface area contributed by atoms with Gasteiger partial charge in [0.05, 0.1) is 31.2 Å². The van der Waals surface area contributed by atoms with Crippen molar-refractivity contribution in [3.63, 3.8) is 0 Å². The Bertz CT molecular complexity index is 2340. The third-order valence-electron chi connectivity index (χ3n) is 8.88. The van der Waals surface area contributed by atoms with Crippen LogP contribution in [0.3, 0.4) is 0 Å². The number of para-hydroxylation sites is 1. The lowest BCUT2D eigenvalue weighted by Gasteiger charge is -2.26. The number of carboxylic acids is 2. The molecule has 0 aliphatic carbocycles. The van der Waals surface area contributed by atoms with E-state index < -0.39 is 21.8 Å². The predicted molar refractivity (Wildman–Crippen MR) is 220 cm³/mol. The number of benzene rings is 3. The summed E-state index contributed by atoms with van der Waals surface area (Å²) < 4.78 is 43.9. The van der Waals surface area contributed by atoms with E-state index in [4.69, 9.17) is 39.0 Å². The van der Waals surface area contributed by atoms with Gasteiger partial charge in [-0.05, 0) is 67.8 Å². The first kappa shape index (κ1) is 45.2. The number of nitrogens with zero attached hydrogens (tertiary/aromatic N) is 5. The highest BCUT2D eigenvalue weighted by molar-refractivity contribution is 7.90. The maximum absolute atomic E-state index is 14.2. The number of carboxylic acid groups (broad SMARTS) is 2. The number of pyridine rings is 1. The zero-order valence-electron chi connectivity index (χ0n) is 33.7. The molecule has 1 aliphatic heterocycles. The second kappa shape index (κ2) is 21.3. The van der Waals surface area contributed by atoms with Crippen LogP contribution >= 0.6 is 0 Å². The van der Waals surface area contributed by atoms with Gasteiger partial charge in [0.25, 0.3) is 23.8 Å². The Morgan fingerprint density at radius 1 is 0.746 bits per heavy atom. The van der Waals surface area contributed by atoms with Gasteiger partial charge in [0.2, 0.25) is 0 Å². The summed E-state index contributed by atoms with van der Waals surface area (Å²) in [6.07, 6.45) is 6.46. The highest BCUT2D eigenvalue weighted by Gasteiger charge is 2.22. The Hall–Kier alpha value is -6.49. The summed E-state index contributed by atoms with van der Waals surface area (Å²) in [4.78, 5) is 58.9. The van der Waals surface area contributed by atoms with Crippen molar-refractivity contribution >= 4 is 44.5 Å². The fraction of sp³-hybridized carbons (Fsp3) is 0.333.